The highest BCUT2D eigenvalue weighted by Gasteiger charge is 2.19. The first-order chi connectivity index (χ1) is 13.8. The van der Waals surface area contributed by atoms with Crippen molar-refractivity contribution < 1.29 is 14.6 Å². The number of carbonyl (C=O) groups is 1. The molecule has 3 aromatic carbocycles. The Morgan fingerprint density at radius 2 is 1.90 bits per heavy atom. The minimum absolute atomic E-state index is 0.222. The number of fused-ring (bicyclic) bond motifs is 2. The van der Waals surface area contributed by atoms with Crippen LogP contribution in [0.1, 0.15) is 31.9 Å². The van der Waals surface area contributed by atoms with Gasteiger partial charge in [-0.2, -0.15) is 0 Å². The smallest absolute Gasteiger partial charge is 0.428 e. The summed E-state index contributed by atoms with van der Waals surface area (Å²) in [6.07, 6.45) is -0.166. The zero-order valence-electron chi connectivity index (χ0n) is 16.5. The summed E-state index contributed by atoms with van der Waals surface area (Å²) in [5, 5.41) is 20.7. The molecule has 0 radical (unpaired) electrons. The summed E-state index contributed by atoms with van der Waals surface area (Å²) in [7, 11) is 0. The summed E-state index contributed by atoms with van der Waals surface area (Å²) in [6, 6.07) is 17.1. The molecule has 0 spiro atoms. The molecule has 148 valence electrons. The monoisotopic (exact) mass is 390 g/mol. The lowest BCUT2D eigenvalue weighted by molar-refractivity contribution is 0.0610. The van der Waals surface area contributed by atoms with Crippen LogP contribution in [0.4, 0.5) is 4.79 Å². The molecule has 0 aliphatic heterocycles. The number of para-hydroxylation sites is 1. The molecule has 7 heteroatoms. The van der Waals surface area contributed by atoms with Crippen LogP contribution in [-0.4, -0.2) is 31.9 Å². The molecule has 1 aromatic heterocycles. The van der Waals surface area contributed by atoms with Gasteiger partial charge in [-0.25, -0.2) is 10.2 Å². The molecule has 1 heterocycles. The number of aromatic hydroxyl groups is 1. The van der Waals surface area contributed by atoms with Gasteiger partial charge >= 0.3 is 6.09 Å². The second-order valence-electron chi connectivity index (χ2n) is 7.86. The van der Waals surface area contributed by atoms with Crippen LogP contribution in [0.15, 0.2) is 54.6 Å². The third kappa shape index (κ3) is 3.85. The van der Waals surface area contributed by atoms with Gasteiger partial charge in [0.2, 0.25) is 0 Å². The normalized spacial score (nSPS) is 11.7. The lowest BCUT2D eigenvalue weighted by atomic mass is 9.97. The Bertz CT molecular complexity index is 1210. The summed E-state index contributed by atoms with van der Waals surface area (Å²) in [5.74, 6) is 0.222. The van der Waals surface area contributed by atoms with Crippen LogP contribution < -0.4 is 5.43 Å². The number of amides is 1. The number of hydrogen-bond acceptors (Lipinski definition) is 5. The van der Waals surface area contributed by atoms with Gasteiger partial charge in [0, 0.05) is 12.0 Å². The van der Waals surface area contributed by atoms with Crippen LogP contribution in [0.25, 0.3) is 21.8 Å². The summed E-state index contributed by atoms with van der Waals surface area (Å²) in [4.78, 5) is 13.5. The van der Waals surface area contributed by atoms with Gasteiger partial charge in [-0.05, 0) is 54.5 Å². The lowest BCUT2D eigenvalue weighted by Crippen LogP contribution is -2.32. The van der Waals surface area contributed by atoms with Crippen molar-refractivity contribution in [3.05, 3.63) is 65.7 Å². The number of phenols is 1. The zero-order valence-corrected chi connectivity index (χ0v) is 16.5. The number of hydrogen-bond donors (Lipinski definition) is 2. The third-order valence-electron chi connectivity index (χ3n) is 4.53. The molecule has 0 aliphatic rings. The zero-order chi connectivity index (χ0) is 20.6. The summed E-state index contributed by atoms with van der Waals surface area (Å²) >= 11 is 0. The number of nitrogens with one attached hydrogen (secondary N) is 1. The highest BCUT2D eigenvalue weighted by atomic mass is 16.6. The van der Waals surface area contributed by atoms with Crippen molar-refractivity contribution in [2.75, 3.05) is 5.43 Å². The molecule has 4 rings (SSSR count). The van der Waals surface area contributed by atoms with Gasteiger partial charge in [0.05, 0.1) is 0 Å². The number of benzene rings is 3. The van der Waals surface area contributed by atoms with Gasteiger partial charge in [-0.3, -0.25) is 0 Å². The maximum Gasteiger partial charge on any atom is 0.428 e. The van der Waals surface area contributed by atoms with Crippen molar-refractivity contribution in [1.82, 2.24) is 15.1 Å². The van der Waals surface area contributed by atoms with E-state index in [9.17, 15) is 9.90 Å². The van der Waals surface area contributed by atoms with Crippen LogP contribution in [0.5, 0.6) is 5.75 Å². The first kappa shape index (κ1) is 18.7. The fourth-order valence-corrected chi connectivity index (χ4v) is 3.35. The van der Waals surface area contributed by atoms with Crippen LogP contribution >= 0.6 is 0 Å². The molecule has 0 unspecified atom stereocenters. The standard InChI is InChI=1S/C22H22N4O3/c1-22(2,3)29-21(28)24-26-20-15(8-6-10-18(20)23-25-26)13-17-16-9-5-4-7-14(16)11-12-19(17)27/h4-12,27H,13H2,1-3H3,(H,24,28). The molecule has 0 bridgehead atoms. The van der Waals surface area contributed by atoms with E-state index in [0.29, 0.717) is 17.5 Å². The van der Waals surface area contributed by atoms with Gasteiger partial charge in [0.25, 0.3) is 0 Å². The Balaban J connectivity index is 1.75. The maximum atomic E-state index is 12.2. The van der Waals surface area contributed by atoms with E-state index in [-0.39, 0.29) is 5.75 Å². The van der Waals surface area contributed by atoms with Crippen molar-refractivity contribution in [1.29, 1.82) is 0 Å². The largest absolute Gasteiger partial charge is 0.508 e. The number of ether oxygens (including phenoxy) is 1. The number of aromatic nitrogens is 3. The van der Waals surface area contributed by atoms with Crippen molar-refractivity contribution in [3.63, 3.8) is 0 Å². The Morgan fingerprint density at radius 3 is 2.69 bits per heavy atom. The van der Waals surface area contributed by atoms with E-state index in [1.54, 1.807) is 26.8 Å². The van der Waals surface area contributed by atoms with Gasteiger partial charge in [0.15, 0.2) is 0 Å². The molecule has 0 aliphatic carbocycles. The molecule has 0 fully saturated rings. The SMILES string of the molecule is CC(C)(C)OC(=O)Nn1nnc2cccc(Cc3c(O)ccc4ccccc34)c21. The Labute approximate surface area is 167 Å². The summed E-state index contributed by atoms with van der Waals surface area (Å²) in [5.41, 5.74) is 4.96. The molecule has 1 amide bonds. The molecule has 0 atom stereocenters. The molecule has 7 nitrogen and oxygen atoms in total. The first-order valence-electron chi connectivity index (χ1n) is 9.35. The van der Waals surface area contributed by atoms with Crippen LogP contribution in [0.3, 0.4) is 0 Å². The molecule has 29 heavy (non-hydrogen) atoms. The average Bonchev–Trinajstić information content (AvgIpc) is 3.06. The average molecular weight is 390 g/mol. The predicted molar refractivity (Wildman–Crippen MR) is 112 cm³/mol. The van der Waals surface area contributed by atoms with Crippen molar-refractivity contribution in [3.8, 4) is 5.75 Å². The van der Waals surface area contributed by atoms with E-state index in [2.05, 4.69) is 15.7 Å². The van der Waals surface area contributed by atoms with E-state index in [0.717, 1.165) is 21.9 Å². The fraction of sp³-hybridized carbons (Fsp3) is 0.227. The van der Waals surface area contributed by atoms with E-state index in [1.165, 1.54) is 4.79 Å². The predicted octanol–water partition coefficient (Wildman–Crippen LogP) is 4.36. The van der Waals surface area contributed by atoms with Crippen LogP contribution in [0.2, 0.25) is 0 Å². The van der Waals surface area contributed by atoms with Crippen molar-refractivity contribution in [2.45, 2.75) is 32.8 Å². The number of phenolic OH excluding ortho intramolecular Hbond substituents is 1. The quantitative estimate of drug-likeness (QED) is 0.543. The second-order valence-corrected chi connectivity index (χ2v) is 7.86. The Hall–Kier alpha value is -3.61. The van der Waals surface area contributed by atoms with Gasteiger partial charge in [0.1, 0.15) is 22.4 Å². The molecule has 0 saturated heterocycles. The fourth-order valence-electron chi connectivity index (χ4n) is 3.35. The van der Waals surface area contributed by atoms with Crippen LogP contribution in [0, 0.1) is 0 Å². The van der Waals surface area contributed by atoms with E-state index < -0.39 is 11.7 Å². The first-order valence-corrected chi connectivity index (χ1v) is 9.35. The highest BCUT2D eigenvalue weighted by molar-refractivity contribution is 5.89. The highest BCUT2D eigenvalue weighted by Crippen LogP contribution is 2.31. The van der Waals surface area contributed by atoms with Crippen molar-refractivity contribution >= 4 is 27.9 Å². The number of rotatable bonds is 3. The van der Waals surface area contributed by atoms with Crippen LogP contribution in [-0.2, 0) is 11.2 Å². The Morgan fingerprint density at radius 1 is 1.10 bits per heavy atom. The van der Waals surface area contributed by atoms with Crippen molar-refractivity contribution in [2.24, 2.45) is 0 Å². The van der Waals surface area contributed by atoms with E-state index >= 15 is 0 Å². The molecular formula is C22H22N4O3. The summed E-state index contributed by atoms with van der Waals surface area (Å²) in [6.45, 7) is 5.38. The lowest BCUT2D eigenvalue weighted by Gasteiger charge is -2.19. The molecule has 2 N–H and O–H groups in total. The molecule has 0 saturated carbocycles. The summed E-state index contributed by atoms with van der Waals surface area (Å²) < 4.78 is 5.32. The number of carbonyl (C=O) groups excluding carboxylic acids is 1. The molecule has 4 aromatic rings. The molecular weight excluding hydrogens is 368 g/mol. The number of nitrogens with zero attached hydrogens (tertiary/aromatic N) is 3. The van der Waals surface area contributed by atoms with Gasteiger partial charge in [-0.1, -0.05) is 42.5 Å². The minimum atomic E-state index is -0.627. The Kier molecular flexibility index (Phi) is 4.58. The second kappa shape index (κ2) is 7.09. The topological polar surface area (TPSA) is 89.3 Å². The van der Waals surface area contributed by atoms with E-state index in [1.807, 2.05) is 48.5 Å². The third-order valence-corrected chi connectivity index (χ3v) is 4.53. The minimum Gasteiger partial charge on any atom is -0.508 e. The van der Waals surface area contributed by atoms with Gasteiger partial charge in [-0.15, -0.1) is 9.89 Å². The van der Waals surface area contributed by atoms with Gasteiger partial charge < -0.3 is 9.84 Å². The van der Waals surface area contributed by atoms with E-state index in [4.69, 9.17) is 4.74 Å². The maximum absolute atomic E-state index is 12.2.